The van der Waals surface area contributed by atoms with Crippen LogP contribution in [0, 0.1) is 6.92 Å². The Balaban J connectivity index is 2.63. The van der Waals surface area contributed by atoms with Gasteiger partial charge >= 0.3 is 0 Å². The fourth-order valence-electron chi connectivity index (χ4n) is 0.834. The molecule has 0 amide bonds. The van der Waals surface area contributed by atoms with Gasteiger partial charge in [-0.15, -0.1) is 0 Å². The zero-order chi connectivity index (χ0) is 8.81. The fourth-order valence-corrected chi connectivity index (χ4v) is 0.834. The van der Waals surface area contributed by atoms with Crippen LogP contribution in [0.15, 0.2) is 18.3 Å². The van der Waals surface area contributed by atoms with E-state index in [0.29, 0.717) is 6.54 Å². The van der Waals surface area contributed by atoms with E-state index in [1.165, 1.54) is 0 Å². The Morgan fingerprint density at radius 1 is 1.58 bits per heavy atom. The molecule has 3 nitrogen and oxygen atoms in total. The summed E-state index contributed by atoms with van der Waals surface area (Å²) in [6, 6.07) is 1.88. The monoisotopic (exact) mass is 163 g/mol. The molecular formula is C9H13N3. The van der Waals surface area contributed by atoms with Gasteiger partial charge in [0, 0.05) is 11.9 Å². The van der Waals surface area contributed by atoms with Crippen molar-refractivity contribution in [1.29, 1.82) is 0 Å². The van der Waals surface area contributed by atoms with E-state index in [1.54, 1.807) is 6.20 Å². The molecule has 0 aliphatic rings. The van der Waals surface area contributed by atoms with E-state index < -0.39 is 0 Å². The van der Waals surface area contributed by atoms with Gasteiger partial charge in [0.15, 0.2) is 5.82 Å². The second-order valence-corrected chi connectivity index (χ2v) is 2.54. The summed E-state index contributed by atoms with van der Waals surface area (Å²) < 4.78 is 0. The molecule has 1 aromatic heterocycles. The van der Waals surface area contributed by atoms with Crippen molar-refractivity contribution in [3.05, 3.63) is 29.9 Å². The Morgan fingerprint density at radius 2 is 2.42 bits per heavy atom. The van der Waals surface area contributed by atoms with E-state index in [4.69, 9.17) is 5.73 Å². The summed E-state index contributed by atoms with van der Waals surface area (Å²) in [7, 11) is 0. The van der Waals surface area contributed by atoms with E-state index in [1.807, 2.05) is 25.1 Å². The van der Waals surface area contributed by atoms with Gasteiger partial charge in [0.1, 0.15) is 0 Å². The Kier molecular flexibility index (Phi) is 3.41. The highest BCUT2D eigenvalue weighted by Gasteiger charge is 1.88. The third-order valence-electron chi connectivity index (χ3n) is 1.41. The van der Waals surface area contributed by atoms with Crippen LogP contribution in [0.1, 0.15) is 17.9 Å². The van der Waals surface area contributed by atoms with Crippen LogP contribution in [0.2, 0.25) is 0 Å². The van der Waals surface area contributed by atoms with Gasteiger partial charge in [-0.2, -0.15) is 0 Å². The van der Waals surface area contributed by atoms with Gasteiger partial charge in [-0.05, 0) is 32.0 Å². The average molecular weight is 163 g/mol. The molecule has 0 spiro atoms. The van der Waals surface area contributed by atoms with Crippen molar-refractivity contribution in [3.8, 4) is 0 Å². The molecule has 12 heavy (non-hydrogen) atoms. The maximum Gasteiger partial charge on any atom is 0.151 e. The van der Waals surface area contributed by atoms with Crippen molar-refractivity contribution in [2.24, 2.45) is 5.73 Å². The van der Waals surface area contributed by atoms with Crippen molar-refractivity contribution in [1.82, 2.24) is 9.97 Å². The van der Waals surface area contributed by atoms with Crippen LogP contribution >= 0.6 is 0 Å². The summed E-state index contributed by atoms with van der Waals surface area (Å²) in [5, 5.41) is 0. The van der Waals surface area contributed by atoms with Gasteiger partial charge < -0.3 is 5.73 Å². The Hall–Kier alpha value is -1.22. The Bertz CT molecular complexity index is 268. The lowest BCUT2D eigenvalue weighted by Crippen LogP contribution is -1.95. The number of aromatic nitrogens is 2. The first-order valence-electron chi connectivity index (χ1n) is 3.99. The number of nitrogens with two attached hydrogens (primary N) is 1. The van der Waals surface area contributed by atoms with Crippen molar-refractivity contribution in [2.45, 2.75) is 13.3 Å². The number of hydrogen-bond acceptors (Lipinski definition) is 3. The lowest BCUT2D eigenvalue weighted by Gasteiger charge is -1.92. The van der Waals surface area contributed by atoms with Crippen molar-refractivity contribution in [2.75, 3.05) is 6.54 Å². The van der Waals surface area contributed by atoms with Crippen LogP contribution in [-0.2, 0) is 0 Å². The molecule has 1 rings (SSSR count). The molecule has 0 unspecified atom stereocenters. The molecule has 0 atom stereocenters. The minimum absolute atomic E-state index is 0.669. The highest BCUT2D eigenvalue weighted by Crippen LogP contribution is 1.96. The van der Waals surface area contributed by atoms with Crippen LogP contribution in [0.5, 0.6) is 0 Å². The molecule has 64 valence electrons. The molecule has 0 aliphatic heterocycles. The van der Waals surface area contributed by atoms with Crippen LogP contribution in [0.25, 0.3) is 6.08 Å². The normalized spacial score (nSPS) is 10.8. The quantitative estimate of drug-likeness (QED) is 0.727. The molecule has 0 bridgehead atoms. The standard InChI is InChI=1S/C9H13N3/c1-8-5-7-11-9(12-8)4-2-3-6-10/h2,4-5,7H,3,6,10H2,1H3. The van der Waals surface area contributed by atoms with E-state index in [9.17, 15) is 0 Å². The van der Waals surface area contributed by atoms with Gasteiger partial charge in [-0.25, -0.2) is 9.97 Å². The number of nitrogens with zero attached hydrogens (tertiary/aromatic N) is 2. The van der Waals surface area contributed by atoms with Crippen molar-refractivity contribution >= 4 is 6.08 Å². The summed E-state index contributed by atoms with van der Waals surface area (Å²) in [5.41, 5.74) is 6.31. The maximum atomic E-state index is 5.33. The zero-order valence-corrected chi connectivity index (χ0v) is 7.20. The summed E-state index contributed by atoms with van der Waals surface area (Å²) >= 11 is 0. The van der Waals surface area contributed by atoms with E-state index in [0.717, 1.165) is 17.9 Å². The fraction of sp³-hybridized carbons (Fsp3) is 0.333. The molecule has 0 radical (unpaired) electrons. The zero-order valence-electron chi connectivity index (χ0n) is 7.20. The molecule has 3 heteroatoms. The Labute approximate surface area is 72.3 Å². The first kappa shape index (κ1) is 8.87. The first-order chi connectivity index (χ1) is 5.83. The van der Waals surface area contributed by atoms with E-state index in [2.05, 4.69) is 9.97 Å². The third kappa shape index (κ3) is 2.80. The molecule has 0 saturated carbocycles. The molecule has 1 heterocycles. The number of aryl methyl sites for hydroxylation is 1. The van der Waals surface area contributed by atoms with Gasteiger partial charge in [-0.3, -0.25) is 0 Å². The second-order valence-electron chi connectivity index (χ2n) is 2.54. The van der Waals surface area contributed by atoms with Crippen LogP contribution < -0.4 is 5.73 Å². The Morgan fingerprint density at radius 3 is 3.08 bits per heavy atom. The molecule has 0 fully saturated rings. The number of rotatable bonds is 3. The number of hydrogen-bond donors (Lipinski definition) is 1. The SMILES string of the molecule is Cc1ccnc(C=CCCN)n1. The topological polar surface area (TPSA) is 51.8 Å². The predicted molar refractivity (Wildman–Crippen MR) is 49.5 cm³/mol. The minimum Gasteiger partial charge on any atom is -0.330 e. The molecule has 1 aromatic rings. The summed E-state index contributed by atoms with van der Waals surface area (Å²) in [6.45, 7) is 2.62. The molecule has 0 aromatic carbocycles. The second kappa shape index (κ2) is 4.62. The van der Waals surface area contributed by atoms with Gasteiger partial charge in [0.2, 0.25) is 0 Å². The van der Waals surface area contributed by atoms with Gasteiger partial charge in [0.25, 0.3) is 0 Å². The van der Waals surface area contributed by atoms with Crippen LogP contribution in [-0.4, -0.2) is 16.5 Å². The lowest BCUT2D eigenvalue weighted by atomic mass is 10.3. The maximum absolute atomic E-state index is 5.33. The lowest BCUT2D eigenvalue weighted by molar-refractivity contribution is 1.01. The molecule has 0 aliphatic carbocycles. The first-order valence-corrected chi connectivity index (χ1v) is 3.99. The highest BCUT2D eigenvalue weighted by atomic mass is 14.9. The van der Waals surface area contributed by atoms with E-state index in [-0.39, 0.29) is 0 Å². The van der Waals surface area contributed by atoms with Crippen molar-refractivity contribution < 1.29 is 0 Å². The van der Waals surface area contributed by atoms with Gasteiger partial charge in [-0.1, -0.05) is 6.08 Å². The van der Waals surface area contributed by atoms with Crippen molar-refractivity contribution in [3.63, 3.8) is 0 Å². The largest absolute Gasteiger partial charge is 0.330 e. The van der Waals surface area contributed by atoms with Crippen LogP contribution in [0.3, 0.4) is 0 Å². The minimum atomic E-state index is 0.669. The molecule has 0 saturated heterocycles. The third-order valence-corrected chi connectivity index (χ3v) is 1.41. The van der Waals surface area contributed by atoms with Crippen LogP contribution in [0.4, 0.5) is 0 Å². The van der Waals surface area contributed by atoms with Gasteiger partial charge in [0.05, 0.1) is 0 Å². The summed E-state index contributed by atoms with van der Waals surface area (Å²) in [4.78, 5) is 8.28. The molecular weight excluding hydrogens is 150 g/mol. The average Bonchev–Trinajstić information content (AvgIpc) is 2.05. The summed E-state index contributed by atoms with van der Waals surface area (Å²) in [6.07, 6.45) is 6.50. The predicted octanol–water partition coefficient (Wildman–Crippen LogP) is 1.15. The highest BCUT2D eigenvalue weighted by molar-refractivity contribution is 5.39. The van der Waals surface area contributed by atoms with E-state index >= 15 is 0 Å². The molecule has 2 N–H and O–H groups in total. The smallest absolute Gasteiger partial charge is 0.151 e. The summed E-state index contributed by atoms with van der Waals surface area (Å²) in [5.74, 6) is 0.753.